The van der Waals surface area contributed by atoms with E-state index in [1.54, 1.807) is 0 Å². The third-order valence-electron chi connectivity index (χ3n) is 6.40. The molecule has 1 rings (SSSR count). The molecule has 3 nitrogen and oxygen atoms in total. The van der Waals surface area contributed by atoms with E-state index in [9.17, 15) is 0 Å². The lowest BCUT2D eigenvalue weighted by Gasteiger charge is -2.29. The lowest BCUT2D eigenvalue weighted by atomic mass is 9.90. The molecule has 0 amide bonds. The van der Waals surface area contributed by atoms with Gasteiger partial charge in [0.1, 0.15) is 0 Å². The van der Waals surface area contributed by atoms with Crippen molar-refractivity contribution in [2.24, 2.45) is 5.41 Å². The summed E-state index contributed by atoms with van der Waals surface area (Å²) in [7, 11) is 0. The van der Waals surface area contributed by atoms with Gasteiger partial charge in [0.05, 0.1) is 6.61 Å². The lowest BCUT2D eigenvalue weighted by Crippen LogP contribution is -2.31. The van der Waals surface area contributed by atoms with Gasteiger partial charge >= 0.3 is 0 Å². The first-order valence-corrected chi connectivity index (χ1v) is 15.8. The maximum atomic E-state index is 5.98. The van der Waals surface area contributed by atoms with Crippen LogP contribution in [0.1, 0.15) is 125 Å². The second kappa shape index (κ2) is 28.6. The molecule has 1 unspecified atom stereocenters. The summed E-state index contributed by atoms with van der Waals surface area (Å²) in [5.41, 5.74) is 0.191. The second-order valence-corrected chi connectivity index (χ2v) is 10.7. The third-order valence-corrected chi connectivity index (χ3v) is 6.40. The molecule has 0 aliphatic carbocycles. The van der Waals surface area contributed by atoms with Crippen LogP contribution in [-0.2, 0) is 9.47 Å². The first-order chi connectivity index (χ1) is 18.6. The summed E-state index contributed by atoms with van der Waals surface area (Å²) in [4.78, 5) is 0. The Labute approximate surface area is 237 Å². The lowest BCUT2D eigenvalue weighted by molar-refractivity contribution is -0.176. The summed E-state index contributed by atoms with van der Waals surface area (Å²) in [6.07, 6.45) is 39.1. The number of hydrogen-bond acceptors (Lipinski definition) is 3. The van der Waals surface area contributed by atoms with E-state index < -0.39 is 0 Å². The average molecular weight is 530 g/mol. The quantitative estimate of drug-likeness (QED) is 0.112. The predicted molar refractivity (Wildman–Crippen MR) is 170 cm³/mol. The molecule has 1 fully saturated rings. The van der Waals surface area contributed by atoms with Crippen LogP contribution in [0.5, 0.6) is 0 Å². The van der Waals surface area contributed by atoms with Crippen molar-refractivity contribution in [3.8, 4) is 0 Å². The highest BCUT2D eigenvalue weighted by Crippen LogP contribution is 2.23. The molecule has 38 heavy (non-hydrogen) atoms. The predicted octanol–water partition coefficient (Wildman–Crippen LogP) is 10.3. The number of allylic oxidation sites excluding steroid dienone is 10. The maximum Gasteiger partial charge on any atom is 0.157 e. The van der Waals surface area contributed by atoms with Gasteiger partial charge in [-0.2, -0.15) is 0 Å². The van der Waals surface area contributed by atoms with Crippen LogP contribution < -0.4 is 5.32 Å². The van der Waals surface area contributed by atoms with E-state index in [-0.39, 0.29) is 11.7 Å². The standard InChI is InChI=1S/C33H57NO2.C2H6/c1-4-5-6-7-8-9-10-11-12-13-14-15-16-17-18-19-20-21-22-24-28-34-29-27-33(2,3)31-36-32-26-23-25-30-35-32;1-2/h8-9,11-12,14-15,17-18,20-21,32,34H,4-7,10,13,16,19,22-31H2,1-3H3;1-2H3/b9-8-,12-11-,15-14-,18-17-,21-20-;. The number of ether oxygens (including phenoxy) is 2. The van der Waals surface area contributed by atoms with Gasteiger partial charge in [0.15, 0.2) is 6.29 Å². The summed E-state index contributed by atoms with van der Waals surface area (Å²) in [5.74, 6) is 0. The van der Waals surface area contributed by atoms with Crippen LogP contribution in [0.4, 0.5) is 0 Å². The van der Waals surface area contributed by atoms with Crippen LogP contribution in [-0.4, -0.2) is 32.6 Å². The minimum absolute atomic E-state index is 0.0221. The number of nitrogens with one attached hydrogen (secondary N) is 1. The first kappa shape index (κ1) is 36.6. The first-order valence-electron chi connectivity index (χ1n) is 15.8. The molecule has 1 aliphatic rings. The van der Waals surface area contributed by atoms with Gasteiger partial charge in [-0.3, -0.25) is 0 Å². The van der Waals surface area contributed by atoms with Crippen LogP contribution in [0, 0.1) is 5.41 Å². The summed E-state index contributed by atoms with van der Waals surface area (Å²) in [6.45, 7) is 14.6. The van der Waals surface area contributed by atoms with Crippen molar-refractivity contribution in [1.82, 2.24) is 5.32 Å². The molecule has 1 atom stereocenters. The molecule has 1 aliphatic heterocycles. The highest BCUT2D eigenvalue weighted by Gasteiger charge is 2.21. The van der Waals surface area contributed by atoms with E-state index in [0.29, 0.717) is 0 Å². The van der Waals surface area contributed by atoms with Gasteiger partial charge in [-0.15, -0.1) is 0 Å². The molecule has 0 aromatic heterocycles. The van der Waals surface area contributed by atoms with E-state index >= 15 is 0 Å². The number of unbranched alkanes of at least 4 members (excludes halogenated alkanes) is 4. The van der Waals surface area contributed by atoms with Gasteiger partial charge in [0.25, 0.3) is 0 Å². The molecule has 1 N–H and O–H groups in total. The fraction of sp³-hybridized carbons (Fsp3) is 0.714. The van der Waals surface area contributed by atoms with Crippen LogP contribution in [0.15, 0.2) is 60.8 Å². The molecular formula is C35H63NO2. The van der Waals surface area contributed by atoms with E-state index in [1.807, 2.05) is 13.8 Å². The second-order valence-electron chi connectivity index (χ2n) is 10.7. The van der Waals surface area contributed by atoms with E-state index in [4.69, 9.17) is 9.47 Å². The number of rotatable bonds is 22. The zero-order valence-electron chi connectivity index (χ0n) is 25.9. The van der Waals surface area contributed by atoms with Crippen molar-refractivity contribution in [2.45, 2.75) is 131 Å². The van der Waals surface area contributed by atoms with Gasteiger partial charge in [-0.05, 0) is 95.6 Å². The van der Waals surface area contributed by atoms with Crippen LogP contribution in [0.25, 0.3) is 0 Å². The molecular weight excluding hydrogens is 466 g/mol. The Hall–Kier alpha value is -1.42. The van der Waals surface area contributed by atoms with Gasteiger partial charge in [0, 0.05) is 6.61 Å². The summed E-state index contributed by atoms with van der Waals surface area (Å²) >= 11 is 0. The monoisotopic (exact) mass is 529 g/mol. The van der Waals surface area contributed by atoms with Crippen LogP contribution in [0.3, 0.4) is 0 Å². The highest BCUT2D eigenvalue weighted by atomic mass is 16.7. The average Bonchev–Trinajstić information content (AvgIpc) is 2.94. The van der Waals surface area contributed by atoms with Crippen molar-refractivity contribution in [3.63, 3.8) is 0 Å². The van der Waals surface area contributed by atoms with E-state index in [1.165, 1.54) is 44.9 Å². The molecule has 0 aromatic rings. The summed E-state index contributed by atoms with van der Waals surface area (Å²) < 4.78 is 11.7. The topological polar surface area (TPSA) is 30.5 Å². The van der Waals surface area contributed by atoms with Gasteiger partial charge < -0.3 is 14.8 Å². The smallest absolute Gasteiger partial charge is 0.157 e. The molecule has 0 radical (unpaired) electrons. The molecule has 3 heteroatoms. The van der Waals surface area contributed by atoms with Crippen molar-refractivity contribution >= 4 is 0 Å². The van der Waals surface area contributed by atoms with Crippen LogP contribution in [0.2, 0.25) is 0 Å². The van der Waals surface area contributed by atoms with E-state index in [0.717, 1.165) is 71.2 Å². The third kappa shape index (κ3) is 26.2. The Bertz CT molecular complexity index is 624. The van der Waals surface area contributed by atoms with Gasteiger partial charge in [0.2, 0.25) is 0 Å². The Morgan fingerprint density at radius 1 is 0.737 bits per heavy atom. The largest absolute Gasteiger partial charge is 0.353 e. The highest BCUT2D eigenvalue weighted by molar-refractivity contribution is 5.00. The summed E-state index contributed by atoms with van der Waals surface area (Å²) in [5, 5.41) is 3.59. The minimum Gasteiger partial charge on any atom is -0.353 e. The van der Waals surface area contributed by atoms with Gasteiger partial charge in [-0.25, -0.2) is 0 Å². The summed E-state index contributed by atoms with van der Waals surface area (Å²) in [6, 6.07) is 0. The zero-order valence-corrected chi connectivity index (χ0v) is 25.9. The zero-order chi connectivity index (χ0) is 28.0. The van der Waals surface area contributed by atoms with Crippen molar-refractivity contribution in [2.75, 3.05) is 26.3 Å². The van der Waals surface area contributed by atoms with Gasteiger partial charge in [-0.1, -0.05) is 108 Å². The number of hydrogen-bond donors (Lipinski definition) is 1. The Morgan fingerprint density at radius 2 is 1.29 bits per heavy atom. The minimum atomic E-state index is 0.0221. The Balaban J connectivity index is 0.00000667. The Kier molecular flexibility index (Phi) is 27.5. The molecule has 0 aromatic carbocycles. The van der Waals surface area contributed by atoms with Crippen molar-refractivity contribution < 1.29 is 9.47 Å². The molecule has 0 bridgehead atoms. The molecule has 1 saturated heterocycles. The molecule has 0 spiro atoms. The molecule has 220 valence electrons. The Morgan fingerprint density at radius 3 is 1.82 bits per heavy atom. The van der Waals surface area contributed by atoms with Crippen molar-refractivity contribution in [1.29, 1.82) is 0 Å². The normalized spacial score (nSPS) is 16.9. The maximum absolute atomic E-state index is 5.98. The SMILES string of the molecule is CC.CCCCC/C=C\C/C=C\C/C=C\C/C=C\C/C=C\CCCNCCC(C)(C)COC1CCCCO1. The fourth-order valence-corrected chi connectivity index (χ4v) is 3.96. The van der Waals surface area contributed by atoms with Crippen molar-refractivity contribution in [3.05, 3.63) is 60.8 Å². The fourth-order valence-electron chi connectivity index (χ4n) is 3.96. The van der Waals surface area contributed by atoms with E-state index in [2.05, 4.69) is 86.8 Å². The molecule has 0 saturated carbocycles. The van der Waals surface area contributed by atoms with Crippen LogP contribution >= 0.6 is 0 Å². The molecule has 1 heterocycles.